The number of rotatable bonds is 7. The fourth-order valence-corrected chi connectivity index (χ4v) is 3.38. The van der Waals surface area contributed by atoms with Gasteiger partial charge in [-0.3, -0.25) is 19.3 Å². The molecule has 1 atom stereocenters. The van der Waals surface area contributed by atoms with Crippen LogP contribution in [0.5, 0.6) is 0 Å². The van der Waals surface area contributed by atoms with Gasteiger partial charge in [0.1, 0.15) is 0 Å². The maximum absolute atomic E-state index is 12.3. The van der Waals surface area contributed by atoms with Crippen LogP contribution < -0.4 is 10.6 Å². The van der Waals surface area contributed by atoms with Gasteiger partial charge in [0.2, 0.25) is 23.6 Å². The lowest BCUT2D eigenvalue weighted by Crippen LogP contribution is -2.44. The first-order chi connectivity index (χ1) is 14.7. The van der Waals surface area contributed by atoms with Crippen LogP contribution in [0, 0.1) is 5.92 Å². The van der Waals surface area contributed by atoms with E-state index in [9.17, 15) is 19.2 Å². The summed E-state index contributed by atoms with van der Waals surface area (Å²) in [6.07, 6.45) is 0.113. The number of carbonyl (C=O) groups excluding carboxylic acids is 4. The van der Waals surface area contributed by atoms with Gasteiger partial charge in [-0.25, -0.2) is 9.79 Å². The van der Waals surface area contributed by atoms with Crippen molar-refractivity contribution in [2.75, 3.05) is 23.4 Å². The second-order valence-electron chi connectivity index (χ2n) is 6.75. The first-order valence-electron chi connectivity index (χ1n) is 9.22. The van der Waals surface area contributed by atoms with Crippen molar-refractivity contribution < 1.29 is 23.6 Å². The van der Waals surface area contributed by atoms with Gasteiger partial charge in [-0.1, -0.05) is 17.8 Å². The number of aromatic nitrogens is 2. The Morgan fingerprint density at radius 3 is 2.61 bits per heavy atom. The number of benzene rings is 1. The molecule has 2 N–H and O–H groups in total. The number of urea groups is 1. The third-order valence-corrected chi connectivity index (χ3v) is 5.13. The van der Waals surface area contributed by atoms with Crippen LogP contribution in [0.1, 0.15) is 19.7 Å². The number of hydrogen-bond donors (Lipinski definition) is 2. The van der Waals surface area contributed by atoms with Crippen LogP contribution >= 0.6 is 11.8 Å². The molecule has 1 aromatic carbocycles. The summed E-state index contributed by atoms with van der Waals surface area (Å²) in [5.74, 6) is -1.31. The number of nitrogens with zero attached hydrogens (tertiary/aromatic N) is 4. The molecule has 1 unspecified atom stereocenters. The highest BCUT2D eigenvalue weighted by Gasteiger charge is 2.34. The van der Waals surface area contributed by atoms with Crippen LogP contribution in [0.3, 0.4) is 0 Å². The molecule has 2 aromatic rings. The Labute approximate surface area is 181 Å². The van der Waals surface area contributed by atoms with Gasteiger partial charge >= 0.3 is 6.03 Å². The number of carbonyl (C=O) groups is 4. The second-order valence-corrected chi connectivity index (χ2v) is 7.68. The fraction of sp³-hybridized carbons (Fsp3) is 0.316. The Balaban J connectivity index is 1.54. The monoisotopic (exact) mass is 444 g/mol. The summed E-state index contributed by atoms with van der Waals surface area (Å²) >= 11 is 1.05. The predicted octanol–water partition coefficient (Wildman–Crippen LogP) is 1.97. The lowest BCUT2D eigenvalue weighted by Gasteiger charge is -2.24. The van der Waals surface area contributed by atoms with Crippen molar-refractivity contribution in [3.63, 3.8) is 0 Å². The molecule has 2 heterocycles. The Morgan fingerprint density at radius 1 is 1.19 bits per heavy atom. The third-order valence-electron chi connectivity index (χ3n) is 4.31. The van der Waals surface area contributed by atoms with Crippen molar-refractivity contribution in [3.8, 4) is 0 Å². The molecule has 162 valence electrons. The van der Waals surface area contributed by atoms with Crippen molar-refractivity contribution >= 4 is 52.6 Å². The molecule has 12 heteroatoms. The van der Waals surface area contributed by atoms with Crippen molar-refractivity contribution in [2.45, 2.75) is 25.5 Å². The molecule has 0 saturated heterocycles. The third kappa shape index (κ3) is 5.75. The second kappa shape index (κ2) is 9.51. The summed E-state index contributed by atoms with van der Waals surface area (Å²) in [7, 11) is 1.37. The quantitative estimate of drug-likeness (QED) is 0.616. The summed E-state index contributed by atoms with van der Waals surface area (Å²) in [6.45, 7) is 3.00. The zero-order valence-corrected chi connectivity index (χ0v) is 17.9. The van der Waals surface area contributed by atoms with Gasteiger partial charge in [-0.15, -0.1) is 10.2 Å². The van der Waals surface area contributed by atoms with E-state index in [2.05, 4.69) is 25.8 Å². The van der Waals surface area contributed by atoms with E-state index in [1.807, 2.05) is 0 Å². The van der Waals surface area contributed by atoms with Crippen LogP contribution in [0.25, 0.3) is 0 Å². The zero-order valence-electron chi connectivity index (χ0n) is 17.0. The Hall–Kier alpha value is -3.54. The van der Waals surface area contributed by atoms with Gasteiger partial charge in [0.15, 0.2) is 0 Å². The van der Waals surface area contributed by atoms with Crippen molar-refractivity contribution in [1.29, 1.82) is 0 Å². The Morgan fingerprint density at radius 2 is 1.90 bits per heavy atom. The molecule has 31 heavy (non-hydrogen) atoms. The van der Waals surface area contributed by atoms with E-state index in [1.165, 1.54) is 14.0 Å². The van der Waals surface area contributed by atoms with E-state index in [0.29, 0.717) is 17.1 Å². The van der Waals surface area contributed by atoms with E-state index >= 15 is 0 Å². The number of aliphatic imine (C=N–C) groups is 1. The minimum atomic E-state index is -0.653. The van der Waals surface area contributed by atoms with Crippen molar-refractivity contribution in [1.82, 2.24) is 15.1 Å². The van der Waals surface area contributed by atoms with E-state index in [4.69, 9.17) is 4.42 Å². The summed E-state index contributed by atoms with van der Waals surface area (Å²) < 4.78 is 5.51. The number of amides is 5. The minimum absolute atomic E-state index is 0.0199. The molecule has 3 rings (SSSR count). The molecule has 0 bridgehead atoms. The molecule has 1 aliphatic rings. The number of hydrogen-bond acceptors (Lipinski definition) is 8. The first kappa shape index (κ1) is 22.2. The largest absolute Gasteiger partial charge is 0.416 e. The SMILES string of the molecule is CC(=O)Nc1cccc(NC(=O)CSc2nnc(CC3C(=O)N(C)C(=O)N=C3C)o2)c1. The molecular formula is C19H20N6O5S. The number of thioether (sulfide) groups is 1. The molecular weight excluding hydrogens is 424 g/mol. The molecule has 0 spiro atoms. The van der Waals surface area contributed by atoms with Crippen molar-refractivity contribution in [3.05, 3.63) is 30.2 Å². The molecule has 1 aliphatic heterocycles. The van der Waals surface area contributed by atoms with E-state index in [-0.39, 0.29) is 41.0 Å². The normalized spacial score (nSPS) is 16.2. The number of nitrogens with one attached hydrogen (secondary N) is 2. The molecule has 0 saturated carbocycles. The highest BCUT2D eigenvalue weighted by Crippen LogP contribution is 2.22. The average molecular weight is 444 g/mol. The molecule has 0 radical (unpaired) electrons. The van der Waals surface area contributed by atoms with E-state index in [0.717, 1.165) is 16.7 Å². The van der Waals surface area contributed by atoms with Crippen molar-refractivity contribution in [2.24, 2.45) is 10.9 Å². The van der Waals surface area contributed by atoms with Crippen LogP contribution in [-0.2, 0) is 20.8 Å². The molecule has 11 nitrogen and oxygen atoms in total. The first-order valence-corrected chi connectivity index (χ1v) is 10.2. The van der Waals surface area contributed by atoms with Gasteiger partial charge in [0, 0.05) is 37.5 Å². The summed E-state index contributed by atoms with van der Waals surface area (Å²) in [6, 6.07) is 6.16. The Bertz CT molecular complexity index is 1070. The average Bonchev–Trinajstić information content (AvgIpc) is 3.15. The van der Waals surface area contributed by atoms with Crippen LogP contribution in [0.4, 0.5) is 16.2 Å². The highest BCUT2D eigenvalue weighted by molar-refractivity contribution is 7.99. The van der Waals surface area contributed by atoms with Gasteiger partial charge in [0.05, 0.1) is 11.7 Å². The molecule has 1 aromatic heterocycles. The van der Waals surface area contributed by atoms with E-state index in [1.54, 1.807) is 31.2 Å². The molecule has 0 aliphatic carbocycles. The standard InChI is InChI=1S/C19H20N6O5S/c1-10-14(17(28)25(3)18(29)20-10)8-16-23-24-19(30-16)31-9-15(27)22-13-6-4-5-12(7-13)21-11(2)26/h4-7,14H,8-9H2,1-3H3,(H,21,26)(H,22,27). The maximum atomic E-state index is 12.3. The zero-order chi connectivity index (χ0) is 22.5. The number of imide groups is 1. The van der Waals surface area contributed by atoms with Crippen LogP contribution in [0.15, 0.2) is 38.9 Å². The lowest BCUT2D eigenvalue weighted by molar-refractivity contribution is -0.129. The molecule has 5 amide bonds. The fourth-order valence-electron chi connectivity index (χ4n) is 2.80. The smallest absolute Gasteiger partial charge is 0.349 e. The highest BCUT2D eigenvalue weighted by atomic mass is 32.2. The number of anilines is 2. The summed E-state index contributed by atoms with van der Waals surface area (Å²) in [5.41, 5.74) is 1.50. The van der Waals surface area contributed by atoms with Gasteiger partial charge < -0.3 is 15.1 Å². The van der Waals surface area contributed by atoms with Gasteiger partial charge in [-0.05, 0) is 25.1 Å². The predicted molar refractivity (Wildman–Crippen MR) is 113 cm³/mol. The maximum Gasteiger partial charge on any atom is 0.349 e. The lowest BCUT2D eigenvalue weighted by atomic mass is 9.97. The Kier molecular flexibility index (Phi) is 6.80. The summed E-state index contributed by atoms with van der Waals surface area (Å²) in [4.78, 5) is 52.0. The summed E-state index contributed by atoms with van der Waals surface area (Å²) in [5, 5.41) is 13.3. The van der Waals surface area contributed by atoms with Crippen LogP contribution in [0.2, 0.25) is 0 Å². The van der Waals surface area contributed by atoms with Crippen LogP contribution in [-0.4, -0.2) is 57.4 Å². The minimum Gasteiger partial charge on any atom is -0.416 e. The van der Waals surface area contributed by atoms with E-state index < -0.39 is 11.9 Å². The topological polar surface area (TPSA) is 147 Å². The van der Waals surface area contributed by atoms with Gasteiger partial charge in [-0.2, -0.15) is 0 Å². The molecule has 0 fully saturated rings. The van der Waals surface area contributed by atoms with Gasteiger partial charge in [0.25, 0.3) is 5.22 Å².